The van der Waals surface area contributed by atoms with Crippen molar-refractivity contribution in [1.29, 1.82) is 0 Å². The van der Waals surface area contributed by atoms with Gasteiger partial charge in [0.25, 0.3) is 0 Å². The van der Waals surface area contributed by atoms with E-state index in [0.29, 0.717) is 29.5 Å². The van der Waals surface area contributed by atoms with Crippen molar-refractivity contribution < 1.29 is 23.0 Å². The lowest BCUT2D eigenvalue weighted by molar-refractivity contribution is -0.137. The van der Waals surface area contributed by atoms with Crippen LogP contribution in [0.4, 0.5) is 30.6 Å². The van der Waals surface area contributed by atoms with Crippen LogP contribution < -0.4 is 10.2 Å². The molecule has 8 nitrogen and oxygen atoms in total. The fourth-order valence-electron chi connectivity index (χ4n) is 6.79. The quantitative estimate of drug-likeness (QED) is 0.312. The molecule has 2 saturated carbocycles. The summed E-state index contributed by atoms with van der Waals surface area (Å²) in [5.41, 5.74) is 0.394. The Balaban J connectivity index is 1.08. The predicted molar refractivity (Wildman–Crippen MR) is 160 cm³/mol. The van der Waals surface area contributed by atoms with Gasteiger partial charge >= 0.3 is 6.18 Å². The number of hydrogen-bond donors (Lipinski definition) is 2. The summed E-state index contributed by atoms with van der Waals surface area (Å²) in [4.78, 5) is 21.1. The van der Waals surface area contributed by atoms with Gasteiger partial charge in [-0.15, -0.1) is 23.1 Å². The summed E-state index contributed by atoms with van der Waals surface area (Å²) >= 11 is 3.00. The number of anilines is 3. The van der Waals surface area contributed by atoms with Gasteiger partial charge in [-0.3, -0.25) is 4.90 Å². The van der Waals surface area contributed by atoms with Crippen molar-refractivity contribution in [2.24, 2.45) is 0 Å². The van der Waals surface area contributed by atoms with E-state index < -0.39 is 11.7 Å². The molecule has 3 aromatic rings. The van der Waals surface area contributed by atoms with Crippen LogP contribution in [0.2, 0.25) is 0 Å². The topological polar surface area (TPSA) is 86.6 Å². The minimum Gasteiger partial charge on any atom is -0.396 e. The maximum absolute atomic E-state index is 14.2. The summed E-state index contributed by atoms with van der Waals surface area (Å²) in [6, 6.07) is 6.71. The van der Waals surface area contributed by atoms with Gasteiger partial charge in [-0.05, 0) is 56.7 Å². The van der Waals surface area contributed by atoms with Gasteiger partial charge in [-0.2, -0.15) is 13.2 Å². The molecule has 3 aliphatic heterocycles. The summed E-state index contributed by atoms with van der Waals surface area (Å²) in [7, 11) is 0. The van der Waals surface area contributed by atoms with Crippen LogP contribution in [0.5, 0.6) is 0 Å². The molecule has 43 heavy (non-hydrogen) atoms. The van der Waals surface area contributed by atoms with Crippen molar-refractivity contribution in [2.45, 2.75) is 73.2 Å². The zero-order chi connectivity index (χ0) is 29.3. The van der Waals surface area contributed by atoms with Crippen molar-refractivity contribution in [3.05, 3.63) is 40.5 Å². The molecule has 2 bridgehead atoms. The third kappa shape index (κ3) is 5.20. The number of halogens is 3. The van der Waals surface area contributed by atoms with Crippen molar-refractivity contribution >= 4 is 40.6 Å². The highest BCUT2D eigenvalue weighted by molar-refractivity contribution is 7.99. The van der Waals surface area contributed by atoms with Crippen LogP contribution in [0.15, 0.2) is 29.3 Å². The van der Waals surface area contributed by atoms with E-state index in [1.165, 1.54) is 11.3 Å². The number of thiophene rings is 1. The predicted octanol–water partition coefficient (Wildman–Crippen LogP) is 6.00. The zero-order valence-corrected chi connectivity index (χ0v) is 25.2. The van der Waals surface area contributed by atoms with E-state index in [-0.39, 0.29) is 23.9 Å². The maximum atomic E-state index is 14.2. The number of rotatable bonds is 8. The molecular formula is C30H33F3N6O2S2. The van der Waals surface area contributed by atoms with E-state index in [2.05, 4.69) is 25.1 Å². The number of aliphatic hydroxyl groups excluding tert-OH is 1. The van der Waals surface area contributed by atoms with Crippen LogP contribution in [-0.4, -0.2) is 75.6 Å². The first-order valence-electron chi connectivity index (χ1n) is 15.1. The van der Waals surface area contributed by atoms with Gasteiger partial charge in [0.15, 0.2) is 0 Å². The van der Waals surface area contributed by atoms with Crippen molar-refractivity contribution in [2.75, 3.05) is 48.8 Å². The highest BCUT2D eigenvalue weighted by Gasteiger charge is 2.50. The smallest absolute Gasteiger partial charge is 0.396 e. The molecule has 13 heteroatoms. The standard InChI is InChI=1S/C30H33F3N6O2S2/c31-30(32,33)20-14-34-28(37-26(20)22-13-23-27(43-22)29(6-7-29)41-10-11-42-23)35-21-4-5-24(36-25(21)17-2-3-17)39-16-18-12-19(39)15-38(18)8-1-9-40/h4-5,13-14,17-19,40H,1-3,6-12,15-16H2,(H,34,35,37). The van der Waals surface area contributed by atoms with E-state index in [1.807, 2.05) is 18.2 Å². The highest BCUT2D eigenvalue weighted by atomic mass is 32.2. The Bertz CT molecular complexity index is 1540. The molecule has 6 heterocycles. The fraction of sp³-hybridized carbons (Fsp3) is 0.567. The Kier molecular flexibility index (Phi) is 6.90. The molecule has 4 fully saturated rings. The number of hydrogen-bond acceptors (Lipinski definition) is 10. The van der Waals surface area contributed by atoms with Crippen LogP contribution in [0.1, 0.15) is 60.6 Å². The Labute approximate surface area is 256 Å². The SMILES string of the molecule is OCCCN1CC2CC1CN2c1ccc(Nc2ncc(C(F)(F)F)c(-c3cc4c(s3)C3(CC3)OCCS4)n2)c(C2CC2)n1. The Hall–Kier alpha value is -2.45. The number of aliphatic hydroxyl groups is 1. The van der Waals surface area contributed by atoms with Gasteiger partial charge in [-0.25, -0.2) is 15.0 Å². The molecule has 2 aliphatic carbocycles. The first-order valence-corrected chi connectivity index (χ1v) is 16.9. The van der Waals surface area contributed by atoms with E-state index in [4.69, 9.17) is 9.72 Å². The molecule has 0 amide bonds. The van der Waals surface area contributed by atoms with Crippen LogP contribution in [0, 0.1) is 0 Å². The number of likely N-dealkylation sites (tertiary alicyclic amines) is 1. The van der Waals surface area contributed by atoms with Crippen molar-refractivity contribution in [3.8, 4) is 10.6 Å². The monoisotopic (exact) mass is 630 g/mol. The fourth-order valence-corrected chi connectivity index (χ4v) is 9.33. The second kappa shape index (κ2) is 10.6. The molecule has 2 N–H and O–H groups in total. The molecule has 2 saturated heterocycles. The Morgan fingerprint density at radius 3 is 2.72 bits per heavy atom. The number of nitrogens with zero attached hydrogens (tertiary/aromatic N) is 5. The lowest BCUT2D eigenvalue weighted by Gasteiger charge is -2.35. The molecule has 3 aromatic heterocycles. The number of thioether (sulfide) groups is 1. The molecule has 1 spiro atoms. The van der Waals surface area contributed by atoms with Crippen LogP contribution in [0.25, 0.3) is 10.6 Å². The van der Waals surface area contributed by atoms with Gasteiger partial charge in [0.05, 0.1) is 33.4 Å². The number of piperazine rings is 1. The minimum absolute atomic E-state index is 0.101. The average molecular weight is 631 g/mol. The van der Waals surface area contributed by atoms with Crippen LogP contribution >= 0.6 is 23.1 Å². The second-order valence-corrected chi connectivity index (χ2v) is 14.4. The number of alkyl halides is 3. The number of aromatic nitrogens is 3. The van der Waals surface area contributed by atoms with Gasteiger partial charge in [0, 0.05) is 61.1 Å². The van der Waals surface area contributed by atoms with Crippen LogP contribution in [-0.2, 0) is 16.5 Å². The molecule has 8 rings (SSSR count). The lowest BCUT2D eigenvalue weighted by atomic mass is 10.2. The zero-order valence-electron chi connectivity index (χ0n) is 23.6. The van der Waals surface area contributed by atoms with E-state index >= 15 is 0 Å². The van der Waals surface area contributed by atoms with Crippen LogP contribution in [0.3, 0.4) is 0 Å². The molecule has 228 valence electrons. The average Bonchev–Trinajstić information content (AvgIpc) is 3.89. The Morgan fingerprint density at radius 1 is 1.14 bits per heavy atom. The minimum atomic E-state index is -4.58. The molecule has 0 radical (unpaired) electrons. The normalized spacial score (nSPS) is 24.4. The molecule has 2 unspecified atom stereocenters. The molecule has 2 atom stereocenters. The first kappa shape index (κ1) is 28.1. The maximum Gasteiger partial charge on any atom is 0.420 e. The van der Waals surface area contributed by atoms with Crippen molar-refractivity contribution in [3.63, 3.8) is 0 Å². The molecular weight excluding hydrogens is 597 g/mol. The van der Waals surface area contributed by atoms with Crippen molar-refractivity contribution in [1.82, 2.24) is 19.9 Å². The second-order valence-electron chi connectivity index (χ2n) is 12.2. The van der Waals surface area contributed by atoms with E-state index in [1.54, 1.807) is 11.8 Å². The summed E-state index contributed by atoms with van der Waals surface area (Å²) < 4.78 is 48.6. The molecule has 5 aliphatic rings. The van der Waals surface area contributed by atoms with E-state index in [0.717, 1.165) is 97.1 Å². The lowest BCUT2D eigenvalue weighted by Crippen LogP contribution is -2.47. The third-order valence-corrected chi connectivity index (χ3v) is 11.7. The highest BCUT2D eigenvalue weighted by Crippen LogP contribution is 2.57. The number of pyridine rings is 1. The summed E-state index contributed by atoms with van der Waals surface area (Å²) in [6.45, 7) is 3.68. The largest absolute Gasteiger partial charge is 0.420 e. The summed E-state index contributed by atoms with van der Waals surface area (Å²) in [6.07, 6.45) is 2.08. The number of nitrogens with one attached hydrogen (secondary N) is 1. The van der Waals surface area contributed by atoms with E-state index in [9.17, 15) is 18.3 Å². The molecule has 0 aromatic carbocycles. The first-order chi connectivity index (χ1) is 20.8. The number of ether oxygens (including phenoxy) is 1. The third-order valence-electron chi connectivity index (χ3n) is 9.24. The van der Waals surface area contributed by atoms with Gasteiger partial charge < -0.3 is 20.1 Å². The van der Waals surface area contributed by atoms with Gasteiger partial charge in [0.2, 0.25) is 5.95 Å². The summed E-state index contributed by atoms with van der Waals surface area (Å²) in [5.74, 6) is 2.18. The van der Waals surface area contributed by atoms with Gasteiger partial charge in [0.1, 0.15) is 17.0 Å². The number of fused-ring (bicyclic) bond motifs is 4. The van der Waals surface area contributed by atoms with Gasteiger partial charge in [-0.1, -0.05) is 0 Å². The Morgan fingerprint density at radius 2 is 2.00 bits per heavy atom. The summed E-state index contributed by atoms with van der Waals surface area (Å²) in [5, 5.41) is 12.5.